The van der Waals surface area contributed by atoms with Crippen LogP contribution in [0.3, 0.4) is 0 Å². The molecule has 0 radical (unpaired) electrons. The summed E-state index contributed by atoms with van der Waals surface area (Å²) < 4.78 is 0. The number of hydrogen-bond donors (Lipinski definition) is 3. The van der Waals surface area contributed by atoms with Crippen molar-refractivity contribution in [2.24, 2.45) is 11.8 Å². The number of carbonyl (C=O) groups excluding carboxylic acids is 2. The van der Waals surface area contributed by atoms with Crippen LogP contribution in [0.5, 0.6) is 5.75 Å². The van der Waals surface area contributed by atoms with Crippen molar-refractivity contribution in [2.45, 2.75) is 58.4 Å². The van der Waals surface area contributed by atoms with Crippen LogP contribution < -0.4 is 10.6 Å². The molecular weight excluding hydrogens is 490 g/mol. The zero-order valence-electron chi connectivity index (χ0n) is 22.5. The first-order valence-corrected chi connectivity index (χ1v) is 12.8. The van der Waals surface area contributed by atoms with Gasteiger partial charge in [0, 0.05) is 19.1 Å². The summed E-state index contributed by atoms with van der Waals surface area (Å²) in [6.45, 7) is 10.8. The Bertz CT molecular complexity index is 988. The second-order valence-electron chi connectivity index (χ2n) is 10.5. The fourth-order valence-corrected chi connectivity index (χ4v) is 5.06. The van der Waals surface area contributed by atoms with E-state index in [0.717, 1.165) is 32.4 Å². The minimum Gasteiger partial charge on any atom is -0.508 e. The molecular formula is C29H44ClN3O4. The zero-order valence-corrected chi connectivity index (χ0v) is 23.3. The van der Waals surface area contributed by atoms with E-state index in [1.807, 2.05) is 44.2 Å². The van der Waals surface area contributed by atoms with Crippen molar-refractivity contribution in [1.29, 1.82) is 0 Å². The smallest absolute Gasteiger partial charge is 0.239 e. The molecule has 8 heteroatoms. The van der Waals surface area contributed by atoms with Crippen LogP contribution in [0, 0.1) is 11.8 Å². The number of phenolic OH excluding ortho intramolecular Hbond substituents is 1. The molecule has 1 heterocycles. The fraction of sp³-hybridized carbons (Fsp3) is 0.517. The monoisotopic (exact) mass is 533 g/mol. The number of carbonyl (C=O) groups is 2. The molecule has 0 bridgehead atoms. The normalized spacial score (nSPS) is 20.3. The lowest BCUT2D eigenvalue weighted by atomic mass is 9.68. The first-order chi connectivity index (χ1) is 16.7. The average Bonchev–Trinajstić information content (AvgIpc) is 2.82. The molecule has 37 heavy (non-hydrogen) atoms. The minimum absolute atomic E-state index is 0. The molecule has 2 aromatic rings. The summed E-state index contributed by atoms with van der Waals surface area (Å²) >= 11 is 0. The number of piperidine rings is 1. The van der Waals surface area contributed by atoms with Crippen LogP contribution in [0.25, 0.3) is 0 Å². The summed E-state index contributed by atoms with van der Waals surface area (Å²) in [7, 11) is 0. The maximum Gasteiger partial charge on any atom is 0.239 e. The summed E-state index contributed by atoms with van der Waals surface area (Å²) in [5.74, 6) is 0.252. The highest BCUT2D eigenvalue weighted by molar-refractivity contribution is 5.86. The van der Waals surface area contributed by atoms with E-state index in [1.54, 1.807) is 6.07 Å². The van der Waals surface area contributed by atoms with Gasteiger partial charge in [0.25, 0.3) is 0 Å². The summed E-state index contributed by atoms with van der Waals surface area (Å²) in [6, 6.07) is 17.9. The number of likely N-dealkylation sites (tertiary alicyclic amines) is 1. The third kappa shape index (κ3) is 9.33. The quantitative estimate of drug-likeness (QED) is 0.434. The number of aryl methyl sites for hydroxylation is 1. The third-order valence-corrected chi connectivity index (χ3v) is 7.42. The Hall–Kier alpha value is -2.61. The number of benzene rings is 2. The number of amides is 2. The lowest BCUT2D eigenvalue weighted by molar-refractivity contribution is -0.129. The molecule has 206 valence electrons. The molecule has 3 rings (SSSR count). The van der Waals surface area contributed by atoms with Gasteiger partial charge in [-0.15, -0.1) is 12.4 Å². The van der Waals surface area contributed by atoms with Crippen LogP contribution in [0.2, 0.25) is 0 Å². The first kappa shape index (κ1) is 32.4. The summed E-state index contributed by atoms with van der Waals surface area (Å²) in [4.78, 5) is 27.6. The number of aromatic hydroxyl groups is 1. The van der Waals surface area contributed by atoms with Crippen molar-refractivity contribution < 1.29 is 20.2 Å². The van der Waals surface area contributed by atoms with Gasteiger partial charge in [-0.05, 0) is 74.2 Å². The van der Waals surface area contributed by atoms with Gasteiger partial charge in [0.1, 0.15) is 5.75 Å². The second kappa shape index (κ2) is 15.0. The van der Waals surface area contributed by atoms with Gasteiger partial charge in [-0.2, -0.15) is 0 Å². The summed E-state index contributed by atoms with van der Waals surface area (Å²) in [6.07, 6.45) is 2.51. The van der Waals surface area contributed by atoms with E-state index in [0.29, 0.717) is 18.2 Å². The van der Waals surface area contributed by atoms with E-state index in [2.05, 4.69) is 47.6 Å². The Kier molecular flexibility index (Phi) is 13.1. The zero-order chi connectivity index (χ0) is 25.4. The number of hydrogen-bond acceptors (Lipinski definition) is 4. The predicted molar refractivity (Wildman–Crippen MR) is 151 cm³/mol. The number of rotatable bonds is 10. The van der Waals surface area contributed by atoms with E-state index in [4.69, 9.17) is 0 Å². The highest BCUT2D eigenvalue weighted by Gasteiger charge is 2.39. The topological polar surface area (TPSA) is 113 Å². The standard InChI is InChI=1S/C29H41N3O3.ClH.H2O/c1-21(2)31-27(34)18-30-28(35)24(14-13-23-9-6-5-7-10-23)20-32-16-15-29(4,22(3)19-32)25-11-8-12-26(33)17-25;;/h5-12,17,21-22,24,33H,13-16,18-20H2,1-4H3,(H,30,35)(H,31,34);1H;1H2. The lowest BCUT2D eigenvalue weighted by Crippen LogP contribution is -2.50. The van der Waals surface area contributed by atoms with Crippen molar-refractivity contribution >= 4 is 24.2 Å². The molecule has 7 nitrogen and oxygen atoms in total. The van der Waals surface area contributed by atoms with Crippen LogP contribution in [0.15, 0.2) is 54.6 Å². The highest BCUT2D eigenvalue weighted by atomic mass is 35.5. The Labute approximate surface area is 227 Å². The molecule has 3 atom stereocenters. The number of nitrogens with one attached hydrogen (secondary N) is 2. The summed E-state index contributed by atoms with van der Waals surface area (Å²) in [5.41, 5.74) is 2.36. The molecule has 1 aliphatic rings. The molecule has 0 spiro atoms. The van der Waals surface area contributed by atoms with Crippen molar-refractivity contribution in [3.05, 3.63) is 65.7 Å². The Morgan fingerprint density at radius 1 is 1.14 bits per heavy atom. The van der Waals surface area contributed by atoms with Crippen LogP contribution in [0.1, 0.15) is 51.7 Å². The lowest BCUT2D eigenvalue weighted by Gasteiger charge is -2.45. The molecule has 1 aliphatic heterocycles. The van der Waals surface area contributed by atoms with Crippen LogP contribution in [-0.4, -0.2) is 59.5 Å². The average molecular weight is 534 g/mol. The molecule has 2 amide bonds. The van der Waals surface area contributed by atoms with E-state index in [9.17, 15) is 14.7 Å². The maximum absolute atomic E-state index is 13.2. The van der Waals surface area contributed by atoms with E-state index in [-0.39, 0.29) is 53.6 Å². The molecule has 1 fully saturated rings. The number of nitrogens with zero attached hydrogens (tertiary/aromatic N) is 1. The Morgan fingerprint density at radius 2 is 1.84 bits per heavy atom. The molecule has 5 N–H and O–H groups in total. The van der Waals surface area contributed by atoms with Gasteiger partial charge in [0.2, 0.25) is 11.8 Å². The molecule has 0 aliphatic carbocycles. The largest absolute Gasteiger partial charge is 0.508 e. The van der Waals surface area contributed by atoms with Gasteiger partial charge in [-0.3, -0.25) is 9.59 Å². The SMILES string of the molecule is CC(C)NC(=O)CNC(=O)C(CCc1ccccc1)CN1CCC(C)(c2cccc(O)c2)C(C)C1.Cl.O. The molecule has 2 aromatic carbocycles. The van der Waals surface area contributed by atoms with Gasteiger partial charge in [-0.1, -0.05) is 56.3 Å². The van der Waals surface area contributed by atoms with Crippen LogP contribution in [-0.2, 0) is 21.4 Å². The minimum atomic E-state index is -0.195. The number of halogens is 1. The molecule has 0 saturated carbocycles. The van der Waals surface area contributed by atoms with Gasteiger partial charge >= 0.3 is 0 Å². The van der Waals surface area contributed by atoms with Crippen molar-refractivity contribution in [3.63, 3.8) is 0 Å². The van der Waals surface area contributed by atoms with Gasteiger partial charge in [0.05, 0.1) is 12.5 Å². The predicted octanol–water partition coefficient (Wildman–Crippen LogP) is 3.48. The van der Waals surface area contributed by atoms with Gasteiger partial charge in [-0.25, -0.2) is 0 Å². The molecule has 1 saturated heterocycles. The van der Waals surface area contributed by atoms with Crippen molar-refractivity contribution in [3.8, 4) is 5.75 Å². The van der Waals surface area contributed by atoms with Gasteiger partial charge < -0.3 is 26.1 Å². The van der Waals surface area contributed by atoms with Crippen molar-refractivity contribution in [2.75, 3.05) is 26.2 Å². The first-order valence-electron chi connectivity index (χ1n) is 12.8. The fourth-order valence-electron chi connectivity index (χ4n) is 5.06. The van der Waals surface area contributed by atoms with E-state index < -0.39 is 0 Å². The highest BCUT2D eigenvalue weighted by Crippen LogP contribution is 2.40. The van der Waals surface area contributed by atoms with Crippen LogP contribution in [0.4, 0.5) is 0 Å². The molecule has 3 unspecified atom stereocenters. The third-order valence-electron chi connectivity index (χ3n) is 7.42. The van der Waals surface area contributed by atoms with E-state index >= 15 is 0 Å². The summed E-state index contributed by atoms with van der Waals surface area (Å²) in [5, 5.41) is 15.7. The van der Waals surface area contributed by atoms with E-state index in [1.165, 1.54) is 11.1 Å². The Morgan fingerprint density at radius 3 is 2.46 bits per heavy atom. The number of phenols is 1. The van der Waals surface area contributed by atoms with Crippen LogP contribution >= 0.6 is 12.4 Å². The second-order valence-corrected chi connectivity index (χ2v) is 10.5. The van der Waals surface area contributed by atoms with Crippen molar-refractivity contribution in [1.82, 2.24) is 15.5 Å². The Balaban J connectivity index is 0.00000342. The maximum atomic E-state index is 13.2. The van der Waals surface area contributed by atoms with Gasteiger partial charge in [0.15, 0.2) is 0 Å². The molecule has 0 aromatic heterocycles.